The van der Waals surface area contributed by atoms with Crippen LogP contribution in [-0.2, 0) is 24.2 Å². The quantitative estimate of drug-likeness (QED) is 0.594. The van der Waals surface area contributed by atoms with Crippen LogP contribution < -0.4 is 9.47 Å². The summed E-state index contributed by atoms with van der Waals surface area (Å²) in [7, 11) is 5.13. The number of methoxy groups -OCH3 is 3. The molecule has 1 spiro atoms. The molecular formula is C25H36N4O3. The lowest BCUT2D eigenvalue weighted by Crippen LogP contribution is -2.44. The molecule has 4 rings (SSSR count). The minimum Gasteiger partial charge on any atom is -0.493 e. The first-order valence-corrected chi connectivity index (χ1v) is 11.6. The van der Waals surface area contributed by atoms with E-state index in [9.17, 15) is 0 Å². The Labute approximate surface area is 191 Å². The summed E-state index contributed by atoms with van der Waals surface area (Å²) in [5.74, 6) is 2.51. The van der Waals surface area contributed by atoms with Gasteiger partial charge in [0.15, 0.2) is 11.5 Å². The number of piperidine rings is 1. The highest BCUT2D eigenvalue weighted by molar-refractivity contribution is 5.46. The van der Waals surface area contributed by atoms with Crippen molar-refractivity contribution in [3.8, 4) is 11.5 Å². The maximum atomic E-state index is 5.66. The number of benzene rings is 1. The summed E-state index contributed by atoms with van der Waals surface area (Å²) in [4.78, 5) is 14.2. The number of hydrogen-bond donors (Lipinski definition) is 0. The standard InChI is InChI=1S/C25H36N4O3/c1-30-13-8-23-26-14-20(15-27-23)16-29-12-10-25(19-29)9-5-11-28(18-25)17-21-6-4-7-22(31-2)24(21)32-3/h4,6-7,14-15H,5,8-13,16-19H2,1-3H3. The molecule has 174 valence electrons. The lowest BCUT2D eigenvalue weighted by Gasteiger charge is -2.40. The average molecular weight is 441 g/mol. The van der Waals surface area contributed by atoms with E-state index in [1.165, 1.54) is 30.4 Å². The molecule has 2 aromatic rings. The number of aromatic nitrogens is 2. The van der Waals surface area contributed by atoms with Crippen LogP contribution in [0.3, 0.4) is 0 Å². The zero-order valence-corrected chi connectivity index (χ0v) is 19.7. The summed E-state index contributed by atoms with van der Waals surface area (Å²) >= 11 is 0. The van der Waals surface area contributed by atoms with Gasteiger partial charge in [0.1, 0.15) is 5.82 Å². The molecule has 2 fully saturated rings. The van der Waals surface area contributed by atoms with Crippen molar-refractivity contribution >= 4 is 0 Å². The molecule has 7 nitrogen and oxygen atoms in total. The van der Waals surface area contributed by atoms with Crippen LogP contribution in [0.15, 0.2) is 30.6 Å². The van der Waals surface area contributed by atoms with Gasteiger partial charge in [-0.25, -0.2) is 9.97 Å². The first kappa shape index (κ1) is 23.0. The number of nitrogens with zero attached hydrogens (tertiary/aromatic N) is 4. The predicted octanol–water partition coefficient (Wildman–Crippen LogP) is 3.17. The fourth-order valence-corrected chi connectivity index (χ4v) is 5.30. The summed E-state index contributed by atoms with van der Waals surface area (Å²) in [6.07, 6.45) is 8.53. The molecule has 2 aliphatic heterocycles. The van der Waals surface area contributed by atoms with E-state index < -0.39 is 0 Å². The molecule has 0 aliphatic carbocycles. The van der Waals surface area contributed by atoms with Gasteiger partial charge in [0.2, 0.25) is 0 Å². The Morgan fingerprint density at radius 3 is 2.44 bits per heavy atom. The van der Waals surface area contributed by atoms with Gasteiger partial charge in [-0.1, -0.05) is 12.1 Å². The smallest absolute Gasteiger partial charge is 0.165 e. The Morgan fingerprint density at radius 2 is 1.72 bits per heavy atom. The first-order chi connectivity index (χ1) is 15.6. The van der Waals surface area contributed by atoms with Gasteiger partial charge in [-0.05, 0) is 43.8 Å². The topological polar surface area (TPSA) is 60.0 Å². The highest BCUT2D eigenvalue weighted by Gasteiger charge is 2.41. The lowest BCUT2D eigenvalue weighted by atomic mass is 9.79. The summed E-state index contributed by atoms with van der Waals surface area (Å²) < 4.78 is 16.3. The summed E-state index contributed by atoms with van der Waals surface area (Å²) in [5, 5.41) is 0. The summed E-state index contributed by atoms with van der Waals surface area (Å²) in [6, 6.07) is 6.17. The van der Waals surface area contributed by atoms with Crippen LogP contribution in [0.4, 0.5) is 0 Å². The van der Waals surface area contributed by atoms with Gasteiger partial charge >= 0.3 is 0 Å². The zero-order valence-electron chi connectivity index (χ0n) is 19.7. The van der Waals surface area contributed by atoms with Crippen LogP contribution in [0.2, 0.25) is 0 Å². The Hall–Kier alpha value is -2.22. The van der Waals surface area contributed by atoms with Crippen LogP contribution in [0.5, 0.6) is 11.5 Å². The van der Waals surface area contributed by atoms with Crippen molar-refractivity contribution in [3.63, 3.8) is 0 Å². The second-order valence-corrected chi connectivity index (χ2v) is 9.18. The van der Waals surface area contributed by atoms with E-state index in [4.69, 9.17) is 14.2 Å². The largest absolute Gasteiger partial charge is 0.493 e. The minimum atomic E-state index is 0.379. The zero-order chi connectivity index (χ0) is 22.4. The fourth-order valence-electron chi connectivity index (χ4n) is 5.30. The van der Waals surface area contributed by atoms with Crippen molar-refractivity contribution < 1.29 is 14.2 Å². The Morgan fingerprint density at radius 1 is 0.938 bits per heavy atom. The third-order valence-electron chi connectivity index (χ3n) is 6.83. The summed E-state index contributed by atoms with van der Waals surface area (Å²) in [5.41, 5.74) is 2.77. The van der Waals surface area contributed by atoms with Crippen molar-refractivity contribution in [1.29, 1.82) is 0 Å². The van der Waals surface area contributed by atoms with E-state index in [1.54, 1.807) is 21.3 Å². The van der Waals surface area contributed by atoms with Gasteiger partial charge in [-0.3, -0.25) is 9.80 Å². The molecule has 2 aliphatic rings. The molecule has 7 heteroatoms. The van der Waals surface area contributed by atoms with E-state index in [0.29, 0.717) is 12.0 Å². The molecule has 32 heavy (non-hydrogen) atoms. The van der Waals surface area contributed by atoms with E-state index in [0.717, 1.165) is 63.0 Å². The van der Waals surface area contributed by atoms with Crippen molar-refractivity contribution in [2.75, 3.05) is 54.1 Å². The Bertz CT molecular complexity index is 876. The molecule has 0 N–H and O–H groups in total. The van der Waals surface area contributed by atoms with Crippen LogP contribution in [0.25, 0.3) is 0 Å². The normalized spacial score (nSPS) is 21.8. The van der Waals surface area contributed by atoms with Gasteiger partial charge in [0, 0.05) is 63.2 Å². The maximum absolute atomic E-state index is 5.66. The van der Waals surface area contributed by atoms with Crippen LogP contribution >= 0.6 is 0 Å². The number of likely N-dealkylation sites (tertiary alicyclic amines) is 2. The molecule has 0 bridgehead atoms. The molecule has 1 unspecified atom stereocenters. The number of para-hydroxylation sites is 1. The second-order valence-electron chi connectivity index (χ2n) is 9.18. The van der Waals surface area contributed by atoms with Gasteiger partial charge in [0.05, 0.1) is 20.8 Å². The second kappa shape index (κ2) is 10.6. The highest BCUT2D eigenvalue weighted by atomic mass is 16.5. The molecule has 0 amide bonds. The number of hydrogen-bond acceptors (Lipinski definition) is 7. The van der Waals surface area contributed by atoms with Gasteiger partial charge < -0.3 is 14.2 Å². The number of ether oxygens (including phenoxy) is 3. The third kappa shape index (κ3) is 5.39. The fraction of sp³-hybridized carbons (Fsp3) is 0.600. The summed E-state index contributed by atoms with van der Waals surface area (Å²) in [6.45, 7) is 7.04. The van der Waals surface area contributed by atoms with Crippen LogP contribution in [-0.4, -0.2) is 73.9 Å². The van der Waals surface area contributed by atoms with Crippen molar-refractivity contribution in [3.05, 3.63) is 47.5 Å². The molecule has 3 heterocycles. The van der Waals surface area contributed by atoms with E-state index >= 15 is 0 Å². The van der Waals surface area contributed by atoms with Crippen LogP contribution in [0.1, 0.15) is 36.2 Å². The molecule has 0 saturated carbocycles. The average Bonchev–Trinajstić information content (AvgIpc) is 3.19. The molecule has 1 aromatic heterocycles. The molecule has 1 aromatic carbocycles. The molecule has 1 atom stereocenters. The lowest BCUT2D eigenvalue weighted by molar-refractivity contribution is 0.0859. The highest BCUT2D eigenvalue weighted by Crippen LogP contribution is 2.40. The Balaban J connectivity index is 1.35. The monoisotopic (exact) mass is 440 g/mol. The SMILES string of the molecule is COCCc1ncc(CN2CCC3(CCCN(Cc4cccc(OC)c4OC)C3)C2)cn1. The first-order valence-electron chi connectivity index (χ1n) is 11.6. The van der Waals surface area contributed by atoms with Gasteiger partial charge in [-0.2, -0.15) is 0 Å². The Kier molecular flexibility index (Phi) is 7.60. The van der Waals surface area contributed by atoms with E-state index in [-0.39, 0.29) is 0 Å². The van der Waals surface area contributed by atoms with Crippen LogP contribution in [0, 0.1) is 5.41 Å². The van der Waals surface area contributed by atoms with Crippen molar-refractivity contribution in [2.24, 2.45) is 5.41 Å². The predicted molar refractivity (Wildman–Crippen MR) is 124 cm³/mol. The third-order valence-corrected chi connectivity index (χ3v) is 6.83. The molecule has 2 saturated heterocycles. The van der Waals surface area contributed by atoms with Crippen molar-refractivity contribution in [1.82, 2.24) is 19.8 Å². The minimum absolute atomic E-state index is 0.379. The van der Waals surface area contributed by atoms with E-state index in [2.05, 4.69) is 31.9 Å². The van der Waals surface area contributed by atoms with Gasteiger partial charge in [-0.15, -0.1) is 0 Å². The van der Waals surface area contributed by atoms with E-state index in [1.807, 2.05) is 18.5 Å². The molecule has 0 radical (unpaired) electrons. The molecular weight excluding hydrogens is 404 g/mol. The maximum Gasteiger partial charge on any atom is 0.165 e. The van der Waals surface area contributed by atoms with Crippen molar-refractivity contribution in [2.45, 2.75) is 38.8 Å². The number of rotatable bonds is 9. The van der Waals surface area contributed by atoms with Gasteiger partial charge in [0.25, 0.3) is 0 Å².